The maximum absolute atomic E-state index is 13.0. The number of nitrogens with zero attached hydrogens (tertiary/aromatic N) is 1. The molecule has 25 heavy (non-hydrogen) atoms. The summed E-state index contributed by atoms with van der Waals surface area (Å²) in [6, 6.07) is 4.97. The minimum absolute atomic E-state index is 0.129. The summed E-state index contributed by atoms with van der Waals surface area (Å²) in [7, 11) is 0. The van der Waals surface area contributed by atoms with E-state index in [4.69, 9.17) is 0 Å². The average Bonchev–Trinajstić information content (AvgIpc) is 2.53. The summed E-state index contributed by atoms with van der Waals surface area (Å²) in [4.78, 5) is 26.3. The second-order valence-electron chi connectivity index (χ2n) is 6.76. The van der Waals surface area contributed by atoms with Gasteiger partial charge in [-0.05, 0) is 37.8 Å². The molecule has 3 rings (SSSR count). The number of rotatable bonds is 3. The van der Waals surface area contributed by atoms with Crippen molar-refractivity contribution in [2.45, 2.75) is 38.3 Å². The zero-order valence-electron chi connectivity index (χ0n) is 13.8. The second-order valence-corrected chi connectivity index (χ2v) is 6.76. The Kier molecular flexibility index (Phi) is 5.01. The third kappa shape index (κ3) is 3.96. The van der Waals surface area contributed by atoms with Crippen LogP contribution in [0.15, 0.2) is 24.3 Å². The van der Waals surface area contributed by atoms with Crippen LogP contribution >= 0.6 is 0 Å². The topological polar surface area (TPSA) is 49.4 Å². The first-order chi connectivity index (χ1) is 11.9. The molecule has 1 heterocycles. The van der Waals surface area contributed by atoms with E-state index in [1.165, 1.54) is 18.2 Å². The number of benzene rings is 1. The van der Waals surface area contributed by atoms with Crippen LogP contribution in [0.25, 0.3) is 0 Å². The van der Waals surface area contributed by atoms with Gasteiger partial charge in [-0.3, -0.25) is 9.59 Å². The lowest BCUT2D eigenvalue weighted by Crippen LogP contribution is -2.45. The van der Waals surface area contributed by atoms with E-state index in [2.05, 4.69) is 5.32 Å². The van der Waals surface area contributed by atoms with Crippen molar-refractivity contribution in [3.05, 3.63) is 29.8 Å². The molecule has 2 amide bonds. The summed E-state index contributed by atoms with van der Waals surface area (Å²) in [6.07, 6.45) is -0.575. The lowest BCUT2D eigenvalue weighted by atomic mass is 9.83. The molecule has 0 unspecified atom stereocenters. The average molecular weight is 354 g/mol. The highest BCUT2D eigenvalue weighted by Crippen LogP contribution is 2.35. The number of hydrogen-bond donors (Lipinski definition) is 1. The predicted octanol–water partition coefficient (Wildman–Crippen LogP) is 3.68. The number of para-hydroxylation sites is 1. The Labute approximate surface area is 144 Å². The Morgan fingerprint density at radius 2 is 1.64 bits per heavy atom. The number of hydrogen-bond acceptors (Lipinski definition) is 2. The van der Waals surface area contributed by atoms with E-state index < -0.39 is 17.6 Å². The number of carbonyl (C=O) groups is 2. The smallest absolute Gasteiger partial charge is 0.342 e. The molecular weight excluding hydrogens is 333 g/mol. The first-order valence-corrected chi connectivity index (χ1v) is 8.62. The summed E-state index contributed by atoms with van der Waals surface area (Å²) >= 11 is 0. The van der Waals surface area contributed by atoms with Gasteiger partial charge in [-0.25, -0.2) is 0 Å². The Bertz CT molecular complexity index is 648. The van der Waals surface area contributed by atoms with Crippen molar-refractivity contribution in [3.8, 4) is 0 Å². The first kappa shape index (κ1) is 17.8. The third-order valence-electron chi connectivity index (χ3n) is 5.12. The molecule has 2 fully saturated rings. The number of nitrogens with one attached hydrogen (secondary N) is 1. The van der Waals surface area contributed by atoms with Gasteiger partial charge < -0.3 is 10.2 Å². The summed E-state index contributed by atoms with van der Waals surface area (Å²) in [5.74, 6) is -0.490. The number of amides is 2. The third-order valence-corrected chi connectivity index (χ3v) is 5.12. The van der Waals surface area contributed by atoms with E-state index in [-0.39, 0.29) is 23.4 Å². The van der Waals surface area contributed by atoms with Crippen LogP contribution in [0.1, 0.15) is 37.7 Å². The van der Waals surface area contributed by atoms with Crippen molar-refractivity contribution < 1.29 is 22.8 Å². The monoisotopic (exact) mass is 354 g/mol. The molecule has 0 spiro atoms. The number of alkyl halides is 3. The lowest BCUT2D eigenvalue weighted by Gasteiger charge is -2.36. The minimum Gasteiger partial charge on any atom is -0.342 e. The summed E-state index contributed by atoms with van der Waals surface area (Å²) < 4.78 is 39.0. The maximum Gasteiger partial charge on any atom is 0.418 e. The van der Waals surface area contributed by atoms with Crippen LogP contribution in [0, 0.1) is 11.8 Å². The largest absolute Gasteiger partial charge is 0.418 e. The Hall–Kier alpha value is -2.05. The van der Waals surface area contributed by atoms with E-state index in [1.54, 1.807) is 4.90 Å². The van der Waals surface area contributed by atoms with Crippen LogP contribution < -0.4 is 5.32 Å². The van der Waals surface area contributed by atoms with Gasteiger partial charge in [0.25, 0.3) is 0 Å². The fourth-order valence-electron chi connectivity index (χ4n) is 3.35. The molecule has 0 atom stereocenters. The normalized spacial score (nSPS) is 19.4. The van der Waals surface area contributed by atoms with Crippen molar-refractivity contribution in [1.29, 1.82) is 0 Å². The second kappa shape index (κ2) is 7.06. The molecule has 1 aliphatic carbocycles. The van der Waals surface area contributed by atoms with Gasteiger partial charge in [0.05, 0.1) is 11.3 Å². The summed E-state index contributed by atoms with van der Waals surface area (Å²) in [5.41, 5.74) is -1.06. The molecule has 1 aliphatic heterocycles. The number of piperidine rings is 1. The zero-order chi connectivity index (χ0) is 18.0. The van der Waals surface area contributed by atoms with Crippen molar-refractivity contribution in [1.82, 2.24) is 4.90 Å². The lowest BCUT2D eigenvalue weighted by molar-refractivity contribution is -0.141. The van der Waals surface area contributed by atoms with Crippen LogP contribution in [-0.4, -0.2) is 29.8 Å². The van der Waals surface area contributed by atoms with Crippen molar-refractivity contribution in [2.24, 2.45) is 11.8 Å². The Morgan fingerprint density at radius 3 is 2.20 bits per heavy atom. The van der Waals surface area contributed by atoms with E-state index in [0.717, 1.165) is 25.3 Å². The fraction of sp³-hybridized carbons (Fsp3) is 0.556. The van der Waals surface area contributed by atoms with Crippen molar-refractivity contribution >= 4 is 17.5 Å². The van der Waals surface area contributed by atoms with E-state index in [9.17, 15) is 22.8 Å². The molecule has 4 nitrogen and oxygen atoms in total. The first-order valence-electron chi connectivity index (χ1n) is 8.62. The fourth-order valence-corrected chi connectivity index (χ4v) is 3.35. The predicted molar refractivity (Wildman–Crippen MR) is 86.7 cm³/mol. The molecular formula is C18H21F3N2O2. The van der Waals surface area contributed by atoms with Gasteiger partial charge in [-0.2, -0.15) is 13.2 Å². The molecule has 0 bridgehead atoms. The van der Waals surface area contributed by atoms with E-state index >= 15 is 0 Å². The highest BCUT2D eigenvalue weighted by molar-refractivity contribution is 5.93. The van der Waals surface area contributed by atoms with Gasteiger partial charge in [0.15, 0.2) is 0 Å². The van der Waals surface area contributed by atoms with Crippen molar-refractivity contribution in [2.75, 3.05) is 18.4 Å². The summed E-state index contributed by atoms with van der Waals surface area (Å²) in [5, 5.41) is 2.41. The van der Waals surface area contributed by atoms with Crippen LogP contribution in [-0.2, 0) is 15.8 Å². The molecule has 2 aliphatic rings. The molecule has 0 aromatic heterocycles. The van der Waals surface area contributed by atoms with E-state index in [0.29, 0.717) is 25.9 Å². The highest BCUT2D eigenvalue weighted by atomic mass is 19.4. The SMILES string of the molecule is O=C(Nc1ccccc1C(F)(F)F)C1CCN(C(=O)C2CCC2)CC1. The Morgan fingerprint density at radius 1 is 1.00 bits per heavy atom. The van der Waals surface area contributed by atoms with Crippen LogP contribution in [0.5, 0.6) is 0 Å². The summed E-state index contributed by atoms with van der Waals surface area (Å²) in [6.45, 7) is 0.989. The number of halogens is 3. The van der Waals surface area contributed by atoms with Gasteiger partial charge in [0, 0.05) is 24.9 Å². The van der Waals surface area contributed by atoms with Gasteiger partial charge >= 0.3 is 6.18 Å². The van der Waals surface area contributed by atoms with Gasteiger partial charge in [-0.1, -0.05) is 18.6 Å². The molecule has 1 saturated heterocycles. The molecule has 1 saturated carbocycles. The highest BCUT2D eigenvalue weighted by Gasteiger charge is 2.36. The van der Waals surface area contributed by atoms with Crippen LogP contribution in [0.2, 0.25) is 0 Å². The molecule has 1 aromatic rings. The van der Waals surface area contributed by atoms with Crippen molar-refractivity contribution in [3.63, 3.8) is 0 Å². The van der Waals surface area contributed by atoms with Gasteiger partial charge in [0.1, 0.15) is 0 Å². The quantitative estimate of drug-likeness (QED) is 0.900. The Balaban J connectivity index is 1.58. The number of anilines is 1. The van der Waals surface area contributed by atoms with Gasteiger partial charge in [0.2, 0.25) is 11.8 Å². The molecule has 1 N–H and O–H groups in total. The van der Waals surface area contributed by atoms with Crippen LogP contribution in [0.3, 0.4) is 0 Å². The maximum atomic E-state index is 13.0. The number of carbonyl (C=O) groups excluding carboxylic acids is 2. The van der Waals surface area contributed by atoms with Crippen LogP contribution in [0.4, 0.5) is 18.9 Å². The zero-order valence-corrected chi connectivity index (χ0v) is 13.8. The number of likely N-dealkylation sites (tertiary alicyclic amines) is 1. The standard InChI is InChI=1S/C18H21F3N2O2/c19-18(20,21)14-6-1-2-7-15(14)22-16(24)12-8-10-23(11-9-12)17(25)13-4-3-5-13/h1-2,6-7,12-13H,3-5,8-11H2,(H,22,24). The minimum atomic E-state index is -4.51. The van der Waals surface area contributed by atoms with Gasteiger partial charge in [-0.15, -0.1) is 0 Å². The molecule has 7 heteroatoms. The molecule has 136 valence electrons. The van der Waals surface area contributed by atoms with E-state index in [1.807, 2.05) is 0 Å². The molecule has 1 aromatic carbocycles. The molecule has 0 radical (unpaired) electrons.